The summed E-state index contributed by atoms with van der Waals surface area (Å²) in [6, 6.07) is 60.9. The Morgan fingerprint density at radius 2 is 0.423 bits per heavy atom. The lowest BCUT2D eigenvalue weighted by atomic mass is 9.83. The first-order valence-corrected chi connectivity index (χ1v) is 26.1. The molecule has 12 rings (SSSR count). The second-order valence-electron chi connectivity index (χ2n) is 19.1. The van der Waals surface area contributed by atoms with Gasteiger partial charge in [-0.05, 0) is 125 Å². The fourth-order valence-corrected chi connectivity index (χ4v) is 9.67. The van der Waals surface area contributed by atoms with E-state index in [1.807, 2.05) is 91.0 Å². The molecule has 384 valence electrons. The highest BCUT2D eigenvalue weighted by Gasteiger charge is 2.32. The highest BCUT2D eigenvalue weighted by atomic mass is 16.5. The van der Waals surface area contributed by atoms with Crippen LogP contribution in [0, 0.1) is 0 Å². The Morgan fingerprint density at radius 3 is 0.641 bits per heavy atom. The molecule has 0 saturated carbocycles. The molecule has 0 fully saturated rings. The van der Waals surface area contributed by atoms with E-state index in [4.69, 9.17) is 14.2 Å². The number of carbonyl (C=O) groups is 6. The monoisotopic (exact) mass is 1030 g/mol. The normalized spacial score (nSPS) is 12.5. The van der Waals surface area contributed by atoms with E-state index in [0.717, 1.165) is 53.2 Å². The molecular weight excluding hydrogens is 973 g/mol. The Balaban J connectivity index is 0.000000132. The molecule has 0 radical (unpaired) electrons. The highest BCUT2D eigenvalue weighted by molar-refractivity contribution is 6.30. The van der Waals surface area contributed by atoms with E-state index in [9.17, 15) is 28.8 Å². The molecule has 9 heteroatoms. The molecule has 9 aromatic rings. The Morgan fingerprint density at radius 1 is 0.231 bits per heavy atom. The minimum atomic E-state index is -0.107. The second kappa shape index (κ2) is 23.1. The van der Waals surface area contributed by atoms with Crippen molar-refractivity contribution in [2.24, 2.45) is 0 Å². The molecule has 0 saturated heterocycles. The van der Waals surface area contributed by atoms with Crippen molar-refractivity contribution in [3.8, 4) is 17.2 Å². The molecule has 0 bridgehead atoms. The fourth-order valence-electron chi connectivity index (χ4n) is 9.67. The SMILES string of the molecule is CCc1ccc(OCc2ccc3c(c2)C(=O)c2ccccc2C3=O)cc1.CCc1ccc(OCc2ccc3c(c2)C(=O)c2ccccc2C3=O)cc1.CCc1ccc(OCc2ccc3c(c2)C(=O)c2ccccc2C3=O)cc1. The lowest BCUT2D eigenvalue weighted by molar-refractivity contribution is 0.0979. The van der Waals surface area contributed by atoms with Crippen molar-refractivity contribution in [2.45, 2.75) is 59.9 Å². The Bertz CT molecular complexity index is 3400. The van der Waals surface area contributed by atoms with Gasteiger partial charge in [0, 0.05) is 66.8 Å². The molecule has 3 aliphatic rings. The molecule has 0 unspecified atom stereocenters. The quantitative estimate of drug-likeness (QED) is 0.117. The number of ketones is 6. The maximum absolute atomic E-state index is 12.8. The molecule has 0 spiro atoms. The molecular formula is C69H54O9. The van der Waals surface area contributed by atoms with Gasteiger partial charge in [-0.1, -0.05) is 148 Å². The minimum Gasteiger partial charge on any atom is -0.489 e. The second-order valence-corrected chi connectivity index (χ2v) is 19.1. The zero-order valence-corrected chi connectivity index (χ0v) is 43.5. The van der Waals surface area contributed by atoms with E-state index in [2.05, 4.69) is 20.8 Å². The van der Waals surface area contributed by atoms with Crippen LogP contribution < -0.4 is 14.2 Å². The number of rotatable bonds is 12. The first kappa shape index (κ1) is 51.9. The smallest absolute Gasteiger partial charge is 0.194 e. The predicted molar refractivity (Wildman–Crippen MR) is 300 cm³/mol. The van der Waals surface area contributed by atoms with Crippen LogP contribution in [0.2, 0.25) is 0 Å². The average molecular weight is 1030 g/mol. The van der Waals surface area contributed by atoms with Gasteiger partial charge in [0.2, 0.25) is 0 Å². The summed E-state index contributed by atoms with van der Waals surface area (Å²) in [5.41, 5.74) is 12.0. The molecule has 9 aromatic carbocycles. The third-order valence-corrected chi connectivity index (χ3v) is 14.2. The minimum absolute atomic E-state index is 0.0992. The Labute approximate surface area is 453 Å². The number of aryl methyl sites for hydroxylation is 3. The third kappa shape index (κ3) is 10.9. The van der Waals surface area contributed by atoms with E-state index in [-0.39, 0.29) is 34.7 Å². The standard InChI is InChI=1S/3C23H18O3/c3*1-2-15-7-10-17(11-8-15)26-14-16-9-12-20-21(13-16)23(25)19-6-4-3-5-18(19)22(20)24/h3*3-13H,2,14H2,1H3. The zero-order chi connectivity index (χ0) is 54.3. The lowest BCUT2D eigenvalue weighted by Crippen LogP contribution is -2.21. The summed E-state index contributed by atoms with van der Waals surface area (Å²) in [5, 5.41) is 0. The summed E-state index contributed by atoms with van der Waals surface area (Å²) >= 11 is 0. The zero-order valence-electron chi connectivity index (χ0n) is 43.5. The van der Waals surface area contributed by atoms with Gasteiger partial charge < -0.3 is 14.2 Å². The molecule has 0 amide bonds. The number of hydrogen-bond acceptors (Lipinski definition) is 9. The van der Waals surface area contributed by atoms with Crippen LogP contribution in [0.4, 0.5) is 0 Å². The summed E-state index contributed by atoms with van der Waals surface area (Å²) in [4.78, 5) is 76.1. The van der Waals surface area contributed by atoms with Crippen molar-refractivity contribution in [3.05, 3.63) is 300 Å². The maximum atomic E-state index is 12.8. The average Bonchev–Trinajstić information content (AvgIpc) is 3.52. The van der Waals surface area contributed by atoms with Crippen LogP contribution >= 0.6 is 0 Å². The van der Waals surface area contributed by atoms with Crippen LogP contribution in [0.3, 0.4) is 0 Å². The van der Waals surface area contributed by atoms with E-state index in [1.54, 1.807) is 109 Å². The summed E-state index contributed by atoms with van der Waals surface area (Å²) in [6.45, 7) is 7.38. The van der Waals surface area contributed by atoms with Gasteiger partial charge in [-0.2, -0.15) is 0 Å². The maximum Gasteiger partial charge on any atom is 0.194 e. The molecule has 0 atom stereocenters. The molecule has 0 aromatic heterocycles. The lowest BCUT2D eigenvalue weighted by Gasteiger charge is -2.18. The first-order chi connectivity index (χ1) is 38.0. The third-order valence-electron chi connectivity index (χ3n) is 14.2. The summed E-state index contributed by atoms with van der Waals surface area (Å²) in [7, 11) is 0. The first-order valence-electron chi connectivity index (χ1n) is 26.1. The number of benzene rings is 9. The van der Waals surface area contributed by atoms with Gasteiger partial charge in [-0.15, -0.1) is 0 Å². The van der Waals surface area contributed by atoms with Crippen molar-refractivity contribution in [1.82, 2.24) is 0 Å². The number of fused-ring (bicyclic) bond motifs is 6. The molecule has 0 N–H and O–H groups in total. The summed E-state index contributed by atoms with van der Waals surface area (Å²) in [5.74, 6) is 1.74. The molecule has 78 heavy (non-hydrogen) atoms. The Hall–Kier alpha value is -9.60. The number of carbonyl (C=O) groups excluding carboxylic acids is 6. The molecule has 0 aliphatic heterocycles. The van der Waals surface area contributed by atoms with Gasteiger partial charge in [-0.25, -0.2) is 0 Å². The van der Waals surface area contributed by atoms with Crippen LogP contribution in [0.25, 0.3) is 0 Å². The predicted octanol–water partition coefficient (Wildman–Crippen LogP) is 13.8. The van der Waals surface area contributed by atoms with Gasteiger partial charge in [0.15, 0.2) is 34.7 Å². The van der Waals surface area contributed by atoms with E-state index in [1.165, 1.54) is 16.7 Å². The van der Waals surface area contributed by atoms with Gasteiger partial charge in [-0.3, -0.25) is 28.8 Å². The Kier molecular flexibility index (Phi) is 15.4. The van der Waals surface area contributed by atoms with Crippen LogP contribution in [0.5, 0.6) is 17.2 Å². The summed E-state index contributed by atoms with van der Waals surface area (Å²) < 4.78 is 17.5. The topological polar surface area (TPSA) is 130 Å². The van der Waals surface area contributed by atoms with E-state index >= 15 is 0 Å². The largest absolute Gasteiger partial charge is 0.489 e. The number of ether oxygens (including phenoxy) is 3. The van der Waals surface area contributed by atoms with E-state index in [0.29, 0.717) is 86.6 Å². The number of hydrogen-bond donors (Lipinski definition) is 0. The van der Waals surface area contributed by atoms with Crippen LogP contribution in [0.1, 0.15) is 150 Å². The molecule has 0 heterocycles. The van der Waals surface area contributed by atoms with Crippen LogP contribution in [-0.4, -0.2) is 34.7 Å². The van der Waals surface area contributed by atoms with Crippen molar-refractivity contribution in [3.63, 3.8) is 0 Å². The highest BCUT2D eigenvalue weighted by Crippen LogP contribution is 2.32. The molecule has 9 nitrogen and oxygen atoms in total. The van der Waals surface area contributed by atoms with Crippen LogP contribution in [-0.2, 0) is 39.1 Å². The van der Waals surface area contributed by atoms with Gasteiger partial charge in [0.1, 0.15) is 37.1 Å². The van der Waals surface area contributed by atoms with Crippen molar-refractivity contribution in [1.29, 1.82) is 0 Å². The van der Waals surface area contributed by atoms with Crippen molar-refractivity contribution < 1.29 is 43.0 Å². The van der Waals surface area contributed by atoms with E-state index < -0.39 is 0 Å². The van der Waals surface area contributed by atoms with Gasteiger partial charge in [0.05, 0.1) is 0 Å². The van der Waals surface area contributed by atoms with Crippen molar-refractivity contribution >= 4 is 34.7 Å². The van der Waals surface area contributed by atoms with Gasteiger partial charge >= 0.3 is 0 Å². The summed E-state index contributed by atoms with van der Waals surface area (Å²) in [6.07, 6.45) is 2.97. The van der Waals surface area contributed by atoms with Gasteiger partial charge in [0.25, 0.3) is 0 Å². The molecule has 3 aliphatic carbocycles. The van der Waals surface area contributed by atoms with Crippen LogP contribution in [0.15, 0.2) is 200 Å². The fraction of sp³-hybridized carbons (Fsp3) is 0.130. The van der Waals surface area contributed by atoms with Crippen molar-refractivity contribution in [2.75, 3.05) is 0 Å².